The molecule has 0 bridgehead atoms. The molecule has 0 aliphatic heterocycles. The van der Waals surface area contributed by atoms with Crippen molar-refractivity contribution in [3.63, 3.8) is 0 Å². The number of nitrogens with two attached hydrogens (primary N) is 1. The number of nitrogens with one attached hydrogen (secondary N) is 1. The third-order valence-corrected chi connectivity index (χ3v) is 2.25. The van der Waals surface area contributed by atoms with Crippen LogP contribution in [0.5, 0.6) is 0 Å². The van der Waals surface area contributed by atoms with Gasteiger partial charge < -0.3 is 15.3 Å². The molecule has 0 unspecified atom stereocenters. The van der Waals surface area contributed by atoms with Crippen molar-refractivity contribution < 1.29 is 4.79 Å². The van der Waals surface area contributed by atoms with Gasteiger partial charge in [-0.25, -0.2) is 0 Å². The van der Waals surface area contributed by atoms with Crippen LogP contribution in [-0.2, 0) is 17.8 Å². The van der Waals surface area contributed by atoms with E-state index in [1.54, 1.807) is 10.8 Å². The van der Waals surface area contributed by atoms with Crippen LogP contribution in [0.3, 0.4) is 0 Å². The molecule has 1 aromatic heterocycles. The van der Waals surface area contributed by atoms with Crippen molar-refractivity contribution in [2.24, 2.45) is 5.73 Å². The molecule has 1 rings (SSSR count). The molecule has 1 aromatic rings. The van der Waals surface area contributed by atoms with Crippen LogP contribution in [0.1, 0.15) is 5.69 Å². The molecule has 0 aromatic carbocycles. The average molecular weight is 289 g/mol. The lowest BCUT2D eigenvalue weighted by Gasteiger charge is -2.10. The second kappa shape index (κ2) is 4.74. The fourth-order valence-corrected chi connectivity index (χ4v) is 1.71. The highest BCUT2D eigenvalue weighted by atomic mass is 35.6. The number of nitrogens with zero attached hydrogens (tertiary/aromatic N) is 1. The number of alkyl halides is 3. The number of rotatable bonds is 3. The molecule has 0 spiro atoms. The highest BCUT2D eigenvalue weighted by Crippen LogP contribution is 2.28. The summed E-state index contributed by atoms with van der Waals surface area (Å²) in [6.45, 7) is 0.117. The summed E-state index contributed by atoms with van der Waals surface area (Å²) in [5.74, 6) is -0.452. The normalized spacial score (nSPS) is 11.7. The first kappa shape index (κ1) is 12.8. The van der Waals surface area contributed by atoms with Crippen molar-refractivity contribution in [1.29, 1.82) is 0 Å². The molecule has 0 atom stereocenters. The van der Waals surface area contributed by atoms with Gasteiger partial charge in [0.1, 0.15) is 0 Å². The molecular weight excluding hydrogens is 281 g/mol. The summed E-state index contributed by atoms with van der Waals surface area (Å²) < 4.78 is 0.503. The number of halogens is 3. The van der Waals surface area contributed by atoms with Crippen LogP contribution < -0.4 is 5.73 Å². The van der Waals surface area contributed by atoms with Crippen molar-refractivity contribution in [1.82, 2.24) is 9.55 Å². The second-order valence-electron chi connectivity index (χ2n) is 2.97. The van der Waals surface area contributed by atoms with E-state index in [2.05, 4.69) is 4.98 Å². The van der Waals surface area contributed by atoms with Crippen molar-refractivity contribution in [3.8, 4) is 0 Å². The number of imidazole rings is 1. The number of hydrogen-bond acceptors (Lipinski definition) is 2. The van der Waals surface area contributed by atoms with Crippen LogP contribution in [0.25, 0.3) is 0 Å². The zero-order chi connectivity index (χ0) is 11.6. The largest absolute Gasteiger partial charge is 0.369 e. The van der Waals surface area contributed by atoms with Crippen LogP contribution in [0.4, 0.5) is 0 Å². The molecule has 0 saturated heterocycles. The van der Waals surface area contributed by atoms with Gasteiger partial charge in [-0.2, -0.15) is 0 Å². The summed E-state index contributed by atoms with van der Waals surface area (Å²) in [4.78, 5) is 13.5. The van der Waals surface area contributed by atoms with Crippen molar-refractivity contribution in [2.75, 3.05) is 0 Å². The summed E-state index contributed by atoms with van der Waals surface area (Å²) in [6.07, 6.45) is 1.69. The van der Waals surface area contributed by atoms with Gasteiger partial charge in [0.05, 0.1) is 13.0 Å². The number of carbonyl (C=O) groups excluding carboxylic acids is 1. The predicted octanol–water partition coefficient (Wildman–Crippen LogP) is 1.94. The third kappa shape index (κ3) is 4.42. The molecule has 0 radical (unpaired) electrons. The maximum Gasteiger partial charge on any atom is 0.223 e. The van der Waals surface area contributed by atoms with E-state index in [4.69, 9.17) is 52.8 Å². The first-order valence-corrected chi connectivity index (χ1v) is 5.45. The van der Waals surface area contributed by atoms with Gasteiger partial charge in [0.25, 0.3) is 0 Å². The number of hydrogen-bond donors (Lipinski definition) is 2. The van der Waals surface area contributed by atoms with E-state index in [-0.39, 0.29) is 13.0 Å². The van der Waals surface area contributed by atoms with Crippen LogP contribution in [0.2, 0.25) is 0 Å². The first-order chi connectivity index (χ1) is 6.78. The molecule has 0 saturated carbocycles. The molecular formula is C7H8Cl3N3OS. The quantitative estimate of drug-likeness (QED) is 0.659. The highest BCUT2D eigenvalue weighted by Gasteiger charge is 2.21. The highest BCUT2D eigenvalue weighted by molar-refractivity contribution is 7.71. The number of aromatic amines is 1. The number of primary amides is 1. The van der Waals surface area contributed by atoms with E-state index < -0.39 is 9.70 Å². The molecule has 84 valence electrons. The Hall–Kier alpha value is -0.230. The smallest absolute Gasteiger partial charge is 0.223 e. The number of aromatic nitrogens is 2. The maximum absolute atomic E-state index is 10.7. The minimum Gasteiger partial charge on any atom is -0.369 e. The Labute approximate surface area is 106 Å². The maximum atomic E-state index is 10.7. The first-order valence-electron chi connectivity index (χ1n) is 3.91. The van der Waals surface area contributed by atoms with Crippen molar-refractivity contribution >= 4 is 52.9 Å². The summed E-state index contributed by atoms with van der Waals surface area (Å²) in [7, 11) is 0. The zero-order valence-electron chi connectivity index (χ0n) is 7.47. The summed E-state index contributed by atoms with van der Waals surface area (Å²) in [5, 5.41) is 0. The lowest BCUT2D eigenvalue weighted by Crippen LogP contribution is -2.14. The topological polar surface area (TPSA) is 63.8 Å². The van der Waals surface area contributed by atoms with Gasteiger partial charge in [0.2, 0.25) is 9.70 Å². The Morgan fingerprint density at radius 3 is 2.67 bits per heavy atom. The molecule has 1 amide bonds. The van der Waals surface area contributed by atoms with Crippen LogP contribution in [-0.4, -0.2) is 19.3 Å². The van der Waals surface area contributed by atoms with Crippen LogP contribution >= 0.6 is 47.0 Å². The van der Waals surface area contributed by atoms with Gasteiger partial charge in [-0.05, 0) is 12.2 Å². The number of carbonyl (C=O) groups is 1. The van der Waals surface area contributed by atoms with Gasteiger partial charge in [-0.3, -0.25) is 4.79 Å². The minimum atomic E-state index is -1.43. The fourth-order valence-electron chi connectivity index (χ4n) is 1.08. The molecule has 4 nitrogen and oxygen atoms in total. The predicted molar refractivity (Wildman–Crippen MR) is 62.8 cm³/mol. The lowest BCUT2D eigenvalue weighted by molar-refractivity contribution is -0.117. The molecule has 0 fully saturated rings. The molecule has 8 heteroatoms. The molecule has 0 aliphatic rings. The van der Waals surface area contributed by atoms with E-state index in [1.807, 2.05) is 0 Å². The van der Waals surface area contributed by atoms with Gasteiger partial charge in [0, 0.05) is 11.9 Å². The van der Waals surface area contributed by atoms with E-state index in [9.17, 15) is 4.79 Å². The molecule has 15 heavy (non-hydrogen) atoms. The molecule has 0 aliphatic carbocycles. The second-order valence-corrected chi connectivity index (χ2v) is 5.87. The standard InChI is InChI=1S/C7H8Cl3N3OS/c8-7(9,10)3-13-2-4(1-5(11)14)12-6(13)15/h2H,1,3H2,(H2,11,14)(H,12,15). The van der Waals surface area contributed by atoms with Gasteiger partial charge in [0.15, 0.2) is 4.77 Å². The monoisotopic (exact) mass is 287 g/mol. The fraction of sp³-hybridized carbons (Fsp3) is 0.429. The van der Waals surface area contributed by atoms with E-state index in [0.717, 1.165) is 0 Å². The molecule has 3 N–H and O–H groups in total. The zero-order valence-corrected chi connectivity index (χ0v) is 10.6. The molecule has 1 heterocycles. The van der Waals surface area contributed by atoms with E-state index in [1.165, 1.54) is 0 Å². The Morgan fingerprint density at radius 2 is 2.20 bits per heavy atom. The van der Waals surface area contributed by atoms with Crippen LogP contribution in [0.15, 0.2) is 6.20 Å². The number of amides is 1. The summed E-state index contributed by atoms with van der Waals surface area (Å²) >= 11 is 21.8. The lowest BCUT2D eigenvalue weighted by atomic mass is 10.3. The van der Waals surface area contributed by atoms with E-state index in [0.29, 0.717) is 10.5 Å². The van der Waals surface area contributed by atoms with Crippen molar-refractivity contribution in [3.05, 3.63) is 16.7 Å². The summed E-state index contributed by atoms with van der Waals surface area (Å²) in [5.41, 5.74) is 5.63. The third-order valence-electron chi connectivity index (χ3n) is 1.55. The van der Waals surface area contributed by atoms with Gasteiger partial charge >= 0.3 is 0 Å². The van der Waals surface area contributed by atoms with Gasteiger partial charge in [-0.15, -0.1) is 0 Å². The minimum absolute atomic E-state index is 0.0799. The Morgan fingerprint density at radius 1 is 1.60 bits per heavy atom. The van der Waals surface area contributed by atoms with Crippen LogP contribution in [0, 0.1) is 4.77 Å². The SMILES string of the molecule is NC(=O)Cc1cn(CC(Cl)(Cl)Cl)c(=S)[nH]1. The number of H-pyrrole nitrogens is 1. The Bertz CT molecular complexity index is 420. The van der Waals surface area contributed by atoms with Gasteiger partial charge in [-0.1, -0.05) is 34.8 Å². The van der Waals surface area contributed by atoms with Crippen molar-refractivity contribution in [2.45, 2.75) is 16.8 Å². The summed E-state index contributed by atoms with van der Waals surface area (Å²) in [6, 6.07) is 0. The average Bonchev–Trinajstić information content (AvgIpc) is 2.26. The Kier molecular flexibility index (Phi) is 4.06. The Balaban J connectivity index is 2.87. The van der Waals surface area contributed by atoms with E-state index >= 15 is 0 Å².